The predicted molar refractivity (Wildman–Crippen MR) is 84.8 cm³/mol. The first kappa shape index (κ1) is 17.7. The number of hydrogen-bond acceptors (Lipinski definition) is 3. The number of carbonyl (C=O) groups is 2. The lowest BCUT2D eigenvalue weighted by Crippen LogP contribution is -2.65. The van der Waals surface area contributed by atoms with Crippen molar-refractivity contribution in [2.75, 3.05) is 13.1 Å². The van der Waals surface area contributed by atoms with Crippen LogP contribution in [0.2, 0.25) is 0 Å². The van der Waals surface area contributed by atoms with Gasteiger partial charge in [0.05, 0.1) is 5.92 Å². The summed E-state index contributed by atoms with van der Waals surface area (Å²) >= 11 is 0. The molecule has 1 heterocycles. The lowest BCUT2D eigenvalue weighted by atomic mass is 9.72. The average molecular weight is 314 g/mol. The van der Waals surface area contributed by atoms with Crippen LogP contribution in [0.5, 0.6) is 0 Å². The van der Waals surface area contributed by atoms with Crippen molar-refractivity contribution in [3.8, 4) is 0 Å². The molecule has 1 fully saturated rings. The number of nitrogens with two attached hydrogens (primary N) is 2. The third kappa shape index (κ3) is 2.99. The van der Waals surface area contributed by atoms with E-state index in [1.807, 2.05) is 24.0 Å². The van der Waals surface area contributed by atoms with E-state index in [-0.39, 0.29) is 12.4 Å². The Morgan fingerprint density at radius 2 is 1.90 bits per heavy atom. The van der Waals surface area contributed by atoms with Crippen LogP contribution in [-0.2, 0) is 9.59 Å². The second-order valence-electron chi connectivity index (χ2n) is 5.53. The number of nitrogens with zero attached hydrogens (tertiary/aromatic N) is 1. The third-order valence-electron chi connectivity index (χ3n) is 4.44. The zero-order valence-corrected chi connectivity index (χ0v) is 13.2. The molecule has 0 aromatic carbocycles. The highest BCUT2D eigenvalue weighted by molar-refractivity contribution is 5.96. The van der Waals surface area contributed by atoms with Crippen molar-refractivity contribution >= 4 is 24.2 Å². The molecule has 0 aromatic rings. The quantitative estimate of drug-likeness (QED) is 0.815. The van der Waals surface area contributed by atoms with Crippen LogP contribution >= 0.6 is 12.4 Å². The normalized spacial score (nSPS) is 29.4. The summed E-state index contributed by atoms with van der Waals surface area (Å²) in [6.45, 7) is 3.50. The summed E-state index contributed by atoms with van der Waals surface area (Å²) in [5.41, 5.74) is 11.1. The minimum atomic E-state index is -1.09. The van der Waals surface area contributed by atoms with Crippen LogP contribution in [0.25, 0.3) is 0 Å². The van der Waals surface area contributed by atoms with Gasteiger partial charge in [-0.15, -0.1) is 12.4 Å². The van der Waals surface area contributed by atoms with E-state index in [1.165, 1.54) is 0 Å². The van der Waals surface area contributed by atoms with E-state index in [0.717, 1.165) is 37.9 Å². The Morgan fingerprint density at radius 3 is 2.38 bits per heavy atom. The molecule has 0 saturated carbocycles. The van der Waals surface area contributed by atoms with Crippen LogP contribution in [0.15, 0.2) is 23.8 Å². The Balaban J connectivity index is 0.00000220. The summed E-state index contributed by atoms with van der Waals surface area (Å²) in [5, 5.41) is 0. The van der Waals surface area contributed by atoms with Gasteiger partial charge in [-0.2, -0.15) is 0 Å². The summed E-state index contributed by atoms with van der Waals surface area (Å²) in [5.74, 6) is -1.63. The summed E-state index contributed by atoms with van der Waals surface area (Å²) in [6.07, 6.45) is 9.32. The fourth-order valence-corrected chi connectivity index (χ4v) is 3.45. The predicted octanol–water partition coefficient (Wildman–Crippen LogP) is 1.13. The molecule has 2 rings (SSSR count). The number of carbonyl (C=O) groups excluding carboxylic acids is 2. The zero-order chi connectivity index (χ0) is 14.8. The molecule has 2 amide bonds. The first-order valence-corrected chi connectivity index (χ1v) is 7.26. The molecular formula is C15H24ClN3O2. The monoisotopic (exact) mass is 313 g/mol. The summed E-state index contributed by atoms with van der Waals surface area (Å²) in [4.78, 5) is 26.3. The van der Waals surface area contributed by atoms with Crippen molar-refractivity contribution in [2.24, 2.45) is 17.4 Å². The lowest BCUT2D eigenvalue weighted by molar-refractivity contribution is -0.137. The van der Waals surface area contributed by atoms with Gasteiger partial charge < -0.3 is 11.5 Å². The van der Waals surface area contributed by atoms with E-state index < -0.39 is 23.3 Å². The van der Waals surface area contributed by atoms with Crippen molar-refractivity contribution in [3.05, 3.63) is 23.8 Å². The van der Waals surface area contributed by atoms with Crippen molar-refractivity contribution in [1.82, 2.24) is 4.90 Å². The van der Waals surface area contributed by atoms with Gasteiger partial charge in [-0.1, -0.05) is 37.1 Å². The molecule has 0 aromatic heterocycles. The minimum Gasteiger partial charge on any atom is -0.369 e. The number of hydrogen-bond donors (Lipinski definition) is 2. The molecule has 4 N–H and O–H groups in total. The molecule has 1 aliphatic carbocycles. The molecule has 2 unspecified atom stereocenters. The van der Waals surface area contributed by atoms with Gasteiger partial charge in [0.25, 0.3) is 0 Å². The van der Waals surface area contributed by atoms with E-state index in [1.54, 1.807) is 6.08 Å². The van der Waals surface area contributed by atoms with Crippen LogP contribution in [0, 0.1) is 5.92 Å². The number of rotatable bonds is 4. The van der Waals surface area contributed by atoms with Crippen LogP contribution in [-0.4, -0.2) is 35.3 Å². The fraction of sp³-hybridized carbons (Fsp3) is 0.600. The summed E-state index contributed by atoms with van der Waals surface area (Å²) in [7, 11) is 0. The Bertz CT molecular complexity index is 470. The maximum Gasteiger partial charge on any atom is 0.243 e. The molecule has 0 spiro atoms. The summed E-state index contributed by atoms with van der Waals surface area (Å²) < 4.78 is 0. The van der Waals surface area contributed by atoms with E-state index in [2.05, 4.69) is 0 Å². The smallest absolute Gasteiger partial charge is 0.243 e. The Kier molecular flexibility index (Phi) is 5.98. The van der Waals surface area contributed by atoms with Gasteiger partial charge in [0.15, 0.2) is 0 Å². The number of amides is 2. The lowest BCUT2D eigenvalue weighted by Gasteiger charge is -2.47. The zero-order valence-electron chi connectivity index (χ0n) is 12.4. The van der Waals surface area contributed by atoms with Crippen LogP contribution in [0.3, 0.4) is 0 Å². The standard InChI is InChI=1S/C15H23N3O2.ClH/c1-2-11-7-6-8-15(14(17)20,12(11)13(16)19)18-9-4-3-5-10-18;/h6-8,12H,2-5,9-10H2,1H3,(H2,16,19)(H2,17,20);1H. The molecule has 1 aliphatic heterocycles. The second kappa shape index (κ2) is 7.09. The second-order valence-corrected chi connectivity index (χ2v) is 5.53. The Hall–Kier alpha value is -1.33. The highest BCUT2D eigenvalue weighted by Crippen LogP contribution is 2.38. The van der Waals surface area contributed by atoms with Crippen molar-refractivity contribution in [3.63, 3.8) is 0 Å². The molecule has 6 heteroatoms. The average Bonchev–Trinajstić information content (AvgIpc) is 2.46. The molecule has 2 aliphatic rings. The highest BCUT2D eigenvalue weighted by Gasteiger charge is 2.52. The topological polar surface area (TPSA) is 89.4 Å². The first-order chi connectivity index (χ1) is 9.54. The van der Waals surface area contributed by atoms with Gasteiger partial charge >= 0.3 is 0 Å². The molecule has 0 bridgehead atoms. The summed E-state index contributed by atoms with van der Waals surface area (Å²) in [6, 6.07) is 0. The Labute approximate surface area is 131 Å². The van der Waals surface area contributed by atoms with Gasteiger partial charge in [0.2, 0.25) is 11.8 Å². The SMILES string of the molecule is CCC1=CC=CC(C(N)=O)(N2CCCCC2)C1C(N)=O.Cl. The van der Waals surface area contributed by atoms with Gasteiger partial charge in [-0.3, -0.25) is 14.5 Å². The van der Waals surface area contributed by atoms with Gasteiger partial charge in [-0.25, -0.2) is 0 Å². The van der Waals surface area contributed by atoms with Crippen LogP contribution < -0.4 is 11.5 Å². The number of piperidine rings is 1. The van der Waals surface area contributed by atoms with E-state index in [4.69, 9.17) is 11.5 Å². The molecule has 1 saturated heterocycles. The maximum atomic E-state index is 12.2. The minimum absolute atomic E-state index is 0. The molecule has 2 atom stereocenters. The van der Waals surface area contributed by atoms with Gasteiger partial charge in [0.1, 0.15) is 5.54 Å². The fourth-order valence-electron chi connectivity index (χ4n) is 3.45. The first-order valence-electron chi connectivity index (χ1n) is 7.26. The van der Waals surface area contributed by atoms with Crippen molar-refractivity contribution in [1.29, 1.82) is 0 Å². The molecular weight excluding hydrogens is 290 g/mol. The highest BCUT2D eigenvalue weighted by atomic mass is 35.5. The van der Waals surface area contributed by atoms with Gasteiger partial charge in [0, 0.05) is 0 Å². The number of primary amides is 2. The maximum absolute atomic E-state index is 12.2. The third-order valence-corrected chi connectivity index (χ3v) is 4.44. The van der Waals surface area contributed by atoms with Crippen LogP contribution in [0.4, 0.5) is 0 Å². The Morgan fingerprint density at radius 1 is 1.29 bits per heavy atom. The number of allylic oxidation sites excluding steroid dienone is 2. The number of likely N-dealkylation sites (tertiary alicyclic amines) is 1. The van der Waals surface area contributed by atoms with Crippen LogP contribution in [0.1, 0.15) is 32.6 Å². The largest absolute Gasteiger partial charge is 0.369 e. The van der Waals surface area contributed by atoms with E-state index in [0.29, 0.717) is 6.42 Å². The van der Waals surface area contributed by atoms with Crippen molar-refractivity contribution < 1.29 is 9.59 Å². The molecule has 21 heavy (non-hydrogen) atoms. The van der Waals surface area contributed by atoms with Gasteiger partial charge in [-0.05, 0) is 32.4 Å². The molecule has 0 radical (unpaired) electrons. The molecule has 118 valence electrons. The van der Waals surface area contributed by atoms with E-state index >= 15 is 0 Å². The van der Waals surface area contributed by atoms with Crippen molar-refractivity contribution in [2.45, 2.75) is 38.1 Å². The van der Waals surface area contributed by atoms with E-state index in [9.17, 15) is 9.59 Å². The number of halogens is 1. The molecule has 5 nitrogen and oxygen atoms in total.